The molecule has 0 aromatic carbocycles. The highest BCUT2D eigenvalue weighted by Crippen LogP contribution is 2.20. The van der Waals surface area contributed by atoms with Gasteiger partial charge in [0.2, 0.25) is 11.8 Å². The Morgan fingerprint density at radius 1 is 0.738 bits per heavy atom. The van der Waals surface area contributed by atoms with Crippen LogP contribution in [0, 0.1) is 11.8 Å². The van der Waals surface area contributed by atoms with E-state index in [1.807, 2.05) is 46.4 Å². The maximum atomic E-state index is 12.2. The van der Waals surface area contributed by atoms with Crippen LogP contribution in [0.5, 0.6) is 0 Å². The second kappa shape index (κ2) is 34.3. The second-order valence-electron chi connectivity index (χ2n) is 11.5. The van der Waals surface area contributed by atoms with Gasteiger partial charge in [-0.05, 0) is 39.7 Å². The third-order valence-corrected chi connectivity index (χ3v) is 6.44. The van der Waals surface area contributed by atoms with Crippen molar-refractivity contribution in [3.63, 3.8) is 0 Å². The van der Waals surface area contributed by atoms with Crippen molar-refractivity contribution in [1.82, 2.24) is 24.9 Å². The summed E-state index contributed by atoms with van der Waals surface area (Å²) < 4.78 is 0. The van der Waals surface area contributed by atoms with Gasteiger partial charge in [-0.1, -0.05) is 102 Å². The maximum Gasteiger partial charge on any atom is 0.234 e. The zero-order chi connectivity index (χ0) is 33.5. The van der Waals surface area contributed by atoms with Crippen molar-refractivity contribution in [2.45, 2.75) is 135 Å². The lowest BCUT2D eigenvalue weighted by atomic mass is 9.95. The molecule has 0 aromatic rings. The molecule has 1 N–H and O–H groups in total. The Balaban J connectivity index is -0.000000477. The number of likely N-dealkylation sites (N-methyl/N-ethyl adjacent to an activating group) is 1. The zero-order valence-electron chi connectivity index (χ0n) is 31.4. The Bertz CT molecular complexity index is 551. The lowest BCUT2D eigenvalue weighted by Gasteiger charge is -2.39. The van der Waals surface area contributed by atoms with E-state index in [9.17, 15) is 9.59 Å². The average molecular weight is 602 g/mol. The third-order valence-electron chi connectivity index (χ3n) is 6.44. The highest BCUT2D eigenvalue weighted by molar-refractivity contribution is 5.78. The highest BCUT2D eigenvalue weighted by atomic mass is 16.2. The van der Waals surface area contributed by atoms with Crippen LogP contribution in [0.15, 0.2) is 0 Å². The van der Waals surface area contributed by atoms with Crippen molar-refractivity contribution in [1.29, 1.82) is 0 Å². The number of likely N-dealkylation sites (tertiary alicyclic amines) is 1. The van der Waals surface area contributed by atoms with E-state index in [0.717, 1.165) is 65.2 Å². The van der Waals surface area contributed by atoms with E-state index in [1.165, 1.54) is 19.3 Å². The summed E-state index contributed by atoms with van der Waals surface area (Å²) in [6.45, 7) is 38.1. The second-order valence-corrected chi connectivity index (χ2v) is 11.5. The molecule has 0 unspecified atom stereocenters. The van der Waals surface area contributed by atoms with Crippen molar-refractivity contribution >= 4 is 11.8 Å². The smallest absolute Gasteiger partial charge is 0.234 e. The fraction of sp³-hybridized carbons (Fsp3) is 0.943. The van der Waals surface area contributed by atoms with Crippen molar-refractivity contribution in [2.75, 3.05) is 72.5 Å². The molecule has 0 radical (unpaired) electrons. The molecule has 0 aromatic heterocycles. The quantitative estimate of drug-likeness (QED) is 0.302. The summed E-state index contributed by atoms with van der Waals surface area (Å²) in [4.78, 5) is 33.4. The normalized spacial score (nSPS) is 15.4. The van der Waals surface area contributed by atoms with Gasteiger partial charge in [-0.15, -0.1) is 0 Å². The molecule has 2 aliphatic heterocycles. The van der Waals surface area contributed by atoms with Crippen LogP contribution in [0.4, 0.5) is 0 Å². The molecule has 2 saturated heterocycles. The van der Waals surface area contributed by atoms with Crippen molar-refractivity contribution in [2.24, 2.45) is 11.8 Å². The van der Waals surface area contributed by atoms with E-state index < -0.39 is 0 Å². The lowest BCUT2D eigenvalue weighted by molar-refractivity contribution is -0.136. The Kier molecular flexibility index (Phi) is 39.0. The lowest BCUT2D eigenvalue weighted by Crippen LogP contribution is -2.51. The van der Waals surface area contributed by atoms with Gasteiger partial charge in [0.15, 0.2) is 0 Å². The zero-order valence-corrected chi connectivity index (χ0v) is 31.4. The molecular weight excluding hydrogens is 522 g/mol. The van der Waals surface area contributed by atoms with Crippen LogP contribution in [-0.4, -0.2) is 110 Å². The predicted octanol–water partition coefficient (Wildman–Crippen LogP) is 7.26. The first kappa shape index (κ1) is 47.7. The van der Waals surface area contributed by atoms with Crippen LogP contribution in [0.25, 0.3) is 0 Å². The van der Waals surface area contributed by atoms with E-state index in [2.05, 4.69) is 82.5 Å². The van der Waals surface area contributed by atoms with Gasteiger partial charge in [-0.25, -0.2) is 0 Å². The summed E-state index contributed by atoms with van der Waals surface area (Å²) in [5.41, 5.74) is 0. The van der Waals surface area contributed by atoms with E-state index in [-0.39, 0.29) is 11.8 Å². The van der Waals surface area contributed by atoms with Gasteiger partial charge in [0.25, 0.3) is 0 Å². The Hall–Kier alpha value is -1.18. The number of nitrogens with zero attached hydrogens (tertiary/aromatic N) is 4. The largest absolute Gasteiger partial charge is 0.354 e. The van der Waals surface area contributed by atoms with Crippen LogP contribution in [-0.2, 0) is 9.59 Å². The van der Waals surface area contributed by atoms with Gasteiger partial charge >= 0.3 is 0 Å². The number of amides is 2. The summed E-state index contributed by atoms with van der Waals surface area (Å²) in [7, 11) is 2.09. The number of rotatable bonds is 9. The molecule has 2 amide bonds. The number of piperazine rings is 1. The van der Waals surface area contributed by atoms with Crippen LogP contribution in [0.2, 0.25) is 0 Å². The topological polar surface area (TPSA) is 59.1 Å². The molecule has 256 valence electrons. The number of carbonyl (C=O) groups excluding carboxylic acids is 2. The van der Waals surface area contributed by atoms with Crippen LogP contribution < -0.4 is 5.32 Å². The molecule has 42 heavy (non-hydrogen) atoms. The predicted molar refractivity (Wildman–Crippen MR) is 188 cm³/mol. The van der Waals surface area contributed by atoms with Crippen LogP contribution >= 0.6 is 0 Å². The highest BCUT2D eigenvalue weighted by Gasteiger charge is 2.27. The first-order chi connectivity index (χ1) is 20.0. The molecule has 7 heteroatoms. The van der Waals surface area contributed by atoms with Gasteiger partial charge in [0.1, 0.15) is 0 Å². The molecule has 0 atom stereocenters. The minimum atomic E-state index is 0.105. The van der Waals surface area contributed by atoms with Gasteiger partial charge in [0.05, 0.1) is 6.54 Å². The van der Waals surface area contributed by atoms with E-state index in [0.29, 0.717) is 31.0 Å². The molecule has 2 aliphatic rings. The Morgan fingerprint density at radius 3 is 1.52 bits per heavy atom. The minimum Gasteiger partial charge on any atom is -0.354 e. The third kappa shape index (κ3) is 27.6. The fourth-order valence-corrected chi connectivity index (χ4v) is 4.09. The SMILES string of the molecule is CC.CC.CC(C)C(=O)N1CCC(CN2CCN(CC(=O)NCCN(C)C(C)C)CC2)CC1.CCC.CCC.CCC. The molecular formula is C35H79N5O2. The van der Waals surface area contributed by atoms with Gasteiger partial charge in [-0.3, -0.25) is 14.5 Å². The molecule has 2 rings (SSSR count). The molecule has 0 bridgehead atoms. The van der Waals surface area contributed by atoms with Crippen molar-refractivity contribution in [3.05, 3.63) is 0 Å². The maximum absolute atomic E-state index is 12.2. The van der Waals surface area contributed by atoms with Gasteiger partial charge in [-0.2, -0.15) is 0 Å². The van der Waals surface area contributed by atoms with Crippen LogP contribution in [0.1, 0.15) is 129 Å². The summed E-state index contributed by atoms with van der Waals surface area (Å²) in [6, 6.07) is 0.503. The Morgan fingerprint density at radius 2 is 1.14 bits per heavy atom. The number of hydrogen-bond donors (Lipinski definition) is 1. The molecule has 2 heterocycles. The fourth-order valence-electron chi connectivity index (χ4n) is 4.09. The molecule has 0 spiro atoms. The van der Waals surface area contributed by atoms with Crippen molar-refractivity contribution < 1.29 is 9.59 Å². The number of piperidine rings is 1. The monoisotopic (exact) mass is 602 g/mol. The van der Waals surface area contributed by atoms with Gasteiger partial charge < -0.3 is 20.0 Å². The Labute approximate surface area is 265 Å². The average Bonchev–Trinajstić information content (AvgIpc) is 2.97. The number of carbonyl (C=O) groups is 2. The number of hydrogen-bond acceptors (Lipinski definition) is 5. The van der Waals surface area contributed by atoms with Crippen molar-refractivity contribution in [3.8, 4) is 0 Å². The summed E-state index contributed by atoms with van der Waals surface area (Å²) in [5.74, 6) is 1.23. The summed E-state index contributed by atoms with van der Waals surface area (Å²) >= 11 is 0. The van der Waals surface area contributed by atoms with Crippen LogP contribution in [0.3, 0.4) is 0 Å². The first-order valence-corrected chi connectivity index (χ1v) is 17.7. The van der Waals surface area contributed by atoms with E-state index in [4.69, 9.17) is 0 Å². The standard InChI is InChI=1S/C22H43N5O2.3C3H8.2C2H6/c1-18(2)22(29)27-9-6-20(7-10-27)16-25-12-14-26(15-13-25)17-21(28)23-8-11-24(5)19(3)4;3*1-3-2;2*1-2/h18-20H,6-17H2,1-5H3,(H,23,28);3*3H2,1-2H3;2*1-2H3. The summed E-state index contributed by atoms with van der Waals surface area (Å²) in [5, 5.41) is 3.05. The molecule has 0 saturated carbocycles. The minimum absolute atomic E-state index is 0.105. The van der Waals surface area contributed by atoms with Gasteiger partial charge in [0, 0.05) is 70.9 Å². The van der Waals surface area contributed by atoms with E-state index in [1.54, 1.807) is 0 Å². The molecule has 0 aliphatic carbocycles. The van der Waals surface area contributed by atoms with E-state index >= 15 is 0 Å². The molecule has 2 fully saturated rings. The first-order valence-electron chi connectivity index (χ1n) is 17.7. The number of nitrogens with one attached hydrogen (secondary N) is 1. The summed E-state index contributed by atoms with van der Waals surface area (Å²) in [6.07, 6.45) is 5.98. The molecule has 7 nitrogen and oxygen atoms in total.